The monoisotopic (exact) mass is 391 g/mol. The van der Waals surface area contributed by atoms with Crippen LogP contribution in [0.4, 0.5) is 5.69 Å². The van der Waals surface area contributed by atoms with E-state index < -0.39 is 26.7 Å². The van der Waals surface area contributed by atoms with Crippen LogP contribution in [0, 0.1) is 10.1 Å². The predicted molar refractivity (Wildman–Crippen MR) is 100 cm³/mol. The van der Waals surface area contributed by atoms with E-state index in [2.05, 4.69) is 10.0 Å². The molecule has 0 radical (unpaired) electrons. The molecule has 1 heterocycles. The molecule has 9 heteroatoms. The summed E-state index contributed by atoms with van der Waals surface area (Å²) in [5.74, 6) is 0.680. The molecule has 2 aromatic rings. The molecule has 27 heavy (non-hydrogen) atoms. The summed E-state index contributed by atoms with van der Waals surface area (Å²) < 4.78 is 33.5. The Morgan fingerprint density at radius 2 is 1.89 bits per heavy atom. The van der Waals surface area contributed by atoms with Gasteiger partial charge < -0.3 is 10.1 Å². The molecule has 8 nitrogen and oxygen atoms in total. The van der Waals surface area contributed by atoms with Gasteiger partial charge in [0.05, 0.1) is 12.0 Å². The number of benzene rings is 2. The summed E-state index contributed by atoms with van der Waals surface area (Å²) in [5.41, 5.74) is 0.558. The van der Waals surface area contributed by atoms with Crippen LogP contribution in [0.2, 0.25) is 0 Å². The van der Waals surface area contributed by atoms with Crippen molar-refractivity contribution in [2.45, 2.75) is 23.3 Å². The number of nitrogens with one attached hydrogen (secondary N) is 2. The highest BCUT2D eigenvalue weighted by Crippen LogP contribution is 2.29. The van der Waals surface area contributed by atoms with E-state index in [0.717, 1.165) is 24.3 Å². The minimum atomic E-state index is -4.05. The summed E-state index contributed by atoms with van der Waals surface area (Å²) in [7, 11) is -2.46. The van der Waals surface area contributed by atoms with Gasteiger partial charge in [0, 0.05) is 24.6 Å². The quantitative estimate of drug-likeness (QED) is 0.576. The van der Waals surface area contributed by atoms with Crippen LogP contribution in [0.15, 0.2) is 53.4 Å². The fraction of sp³-hybridized carbons (Fsp3) is 0.333. The van der Waals surface area contributed by atoms with Gasteiger partial charge in [-0.05, 0) is 36.7 Å². The molecule has 2 atom stereocenters. The summed E-state index contributed by atoms with van der Waals surface area (Å²) in [5, 5.41) is 14.4. The molecule has 0 saturated carbocycles. The Balaban J connectivity index is 1.88. The van der Waals surface area contributed by atoms with Gasteiger partial charge in [0.25, 0.3) is 5.69 Å². The maximum atomic E-state index is 12.8. The summed E-state index contributed by atoms with van der Waals surface area (Å²) >= 11 is 0. The van der Waals surface area contributed by atoms with Crippen molar-refractivity contribution in [3.63, 3.8) is 0 Å². The highest BCUT2D eigenvalue weighted by molar-refractivity contribution is 7.89. The third-order valence-corrected chi connectivity index (χ3v) is 6.22. The van der Waals surface area contributed by atoms with Crippen LogP contribution in [0.5, 0.6) is 5.75 Å². The number of hydrogen-bond donors (Lipinski definition) is 2. The molecular formula is C18H21N3O5S. The number of para-hydroxylation sites is 1. The number of nitro benzene ring substituents is 1. The predicted octanol–water partition coefficient (Wildman–Crippen LogP) is 2.03. The second-order valence-corrected chi connectivity index (χ2v) is 8.01. The smallest absolute Gasteiger partial charge is 0.289 e. The molecule has 144 valence electrons. The van der Waals surface area contributed by atoms with Crippen LogP contribution >= 0.6 is 0 Å². The van der Waals surface area contributed by atoms with Crippen molar-refractivity contribution in [3.8, 4) is 5.75 Å². The molecule has 0 unspecified atom stereocenters. The van der Waals surface area contributed by atoms with Gasteiger partial charge in [-0.25, -0.2) is 13.1 Å². The lowest BCUT2D eigenvalue weighted by Crippen LogP contribution is -2.49. The number of nitrogens with zero attached hydrogens (tertiary/aromatic N) is 1. The molecule has 1 saturated heterocycles. The molecule has 3 rings (SSSR count). The average molecular weight is 391 g/mol. The lowest BCUT2D eigenvalue weighted by Gasteiger charge is -2.33. The van der Waals surface area contributed by atoms with E-state index in [4.69, 9.17) is 4.74 Å². The average Bonchev–Trinajstić information content (AvgIpc) is 2.68. The molecule has 0 spiro atoms. The summed E-state index contributed by atoms with van der Waals surface area (Å²) in [6, 6.07) is 12.4. The van der Waals surface area contributed by atoms with E-state index in [9.17, 15) is 18.5 Å². The number of methoxy groups -OCH3 is 1. The summed E-state index contributed by atoms with van der Waals surface area (Å²) in [4.78, 5) is 10.2. The van der Waals surface area contributed by atoms with Crippen LogP contribution < -0.4 is 14.8 Å². The van der Waals surface area contributed by atoms with Crippen molar-refractivity contribution in [2.75, 3.05) is 20.2 Å². The van der Waals surface area contributed by atoms with Crippen LogP contribution in [0.3, 0.4) is 0 Å². The van der Waals surface area contributed by atoms with Crippen molar-refractivity contribution in [1.29, 1.82) is 0 Å². The van der Waals surface area contributed by atoms with Crippen molar-refractivity contribution in [3.05, 3.63) is 64.2 Å². The topological polar surface area (TPSA) is 111 Å². The van der Waals surface area contributed by atoms with Crippen molar-refractivity contribution in [2.24, 2.45) is 0 Å². The van der Waals surface area contributed by atoms with Gasteiger partial charge in [0.15, 0.2) is 4.90 Å². The molecule has 0 bridgehead atoms. The molecule has 1 fully saturated rings. The Bertz CT molecular complexity index is 915. The third kappa shape index (κ3) is 4.26. The van der Waals surface area contributed by atoms with Crippen molar-refractivity contribution in [1.82, 2.24) is 10.0 Å². The van der Waals surface area contributed by atoms with Crippen LogP contribution in [-0.4, -0.2) is 39.6 Å². The molecule has 1 aliphatic heterocycles. The second kappa shape index (κ2) is 8.03. The first-order chi connectivity index (χ1) is 12.9. The molecular weight excluding hydrogens is 370 g/mol. The van der Waals surface area contributed by atoms with Gasteiger partial charge in [-0.3, -0.25) is 10.1 Å². The number of nitro groups is 1. The van der Waals surface area contributed by atoms with Gasteiger partial charge >= 0.3 is 0 Å². The number of piperidine rings is 1. The van der Waals surface area contributed by atoms with Crippen molar-refractivity contribution >= 4 is 15.7 Å². The number of hydrogen-bond acceptors (Lipinski definition) is 6. The lowest BCUT2D eigenvalue weighted by molar-refractivity contribution is -0.387. The van der Waals surface area contributed by atoms with E-state index >= 15 is 0 Å². The van der Waals surface area contributed by atoms with Gasteiger partial charge in [-0.1, -0.05) is 24.3 Å². The lowest BCUT2D eigenvalue weighted by atomic mass is 9.86. The first-order valence-electron chi connectivity index (χ1n) is 8.53. The van der Waals surface area contributed by atoms with E-state index in [1.807, 2.05) is 24.3 Å². The molecule has 2 aromatic carbocycles. The SMILES string of the molecule is COc1ccc([C@H]2CCNC[C@H]2NS(=O)(=O)c2ccccc2[N+](=O)[O-])cc1. The van der Waals surface area contributed by atoms with Crippen LogP contribution in [-0.2, 0) is 10.0 Å². The standard InChI is InChI=1S/C18H21N3O5S/c1-26-14-8-6-13(7-9-14)15-10-11-19-12-16(15)20-27(24,25)18-5-3-2-4-17(18)21(22)23/h2-9,15-16,19-20H,10-12H2,1H3/t15-,16-/m1/s1. The molecule has 0 amide bonds. The Kier molecular flexibility index (Phi) is 5.73. The fourth-order valence-corrected chi connectivity index (χ4v) is 4.78. The molecule has 0 aromatic heterocycles. The van der Waals surface area contributed by atoms with E-state index in [1.165, 1.54) is 24.3 Å². The van der Waals surface area contributed by atoms with E-state index in [-0.39, 0.29) is 10.8 Å². The maximum Gasteiger partial charge on any atom is 0.289 e. The van der Waals surface area contributed by atoms with E-state index in [1.54, 1.807) is 7.11 Å². The first kappa shape index (κ1) is 19.3. The second-order valence-electron chi connectivity index (χ2n) is 6.33. The Hall–Kier alpha value is -2.49. The Morgan fingerprint density at radius 1 is 1.19 bits per heavy atom. The summed E-state index contributed by atoms with van der Waals surface area (Å²) in [6.45, 7) is 1.21. The fourth-order valence-electron chi connectivity index (χ4n) is 3.33. The van der Waals surface area contributed by atoms with Gasteiger partial charge in [-0.2, -0.15) is 0 Å². The normalized spacial score (nSPS) is 20.2. The molecule has 1 aliphatic rings. The number of rotatable bonds is 6. The Labute approximate surface area is 157 Å². The van der Waals surface area contributed by atoms with Gasteiger partial charge in [0.2, 0.25) is 10.0 Å². The van der Waals surface area contributed by atoms with E-state index in [0.29, 0.717) is 6.54 Å². The largest absolute Gasteiger partial charge is 0.497 e. The zero-order chi connectivity index (χ0) is 19.4. The molecule has 2 N–H and O–H groups in total. The van der Waals surface area contributed by atoms with Gasteiger partial charge in [-0.15, -0.1) is 0 Å². The van der Waals surface area contributed by atoms with Crippen LogP contribution in [0.25, 0.3) is 0 Å². The third-order valence-electron chi connectivity index (χ3n) is 4.68. The first-order valence-corrected chi connectivity index (χ1v) is 10.0. The number of sulfonamides is 1. The van der Waals surface area contributed by atoms with Crippen LogP contribution in [0.1, 0.15) is 17.9 Å². The maximum absolute atomic E-state index is 12.8. The van der Waals surface area contributed by atoms with Gasteiger partial charge in [0.1, 0.15) is 5.75 Å². The number of ether oxygens (including phenoxy) is 1. The minimum Gasteiger partial charge on any atom is -0.497 e. The summed E-state index contributed by atoms with van der Waals surface area (Å²) in [6.07, 6.45) is 0.746. The highest BCUT2D eigenvalue weighted by Gasteiger charge is 2.33. The zero-order valence-corrected chi connectivity index (χ0v) is 15.6. The highest BCUT2D eigenvalue weighted by atomic mass is 32.2. The zero-order valence-electron chi connectivity index (χ0n) is 14.8. The van der Waals surface area contributed by atoms with Crippen molar-refractivity contribution < 1.29 is 18.1 Å². The Morgan fingerprint density at radius 3 is 2.56 bits per heavy atom. The molecule has 0 aliphatic carbocycles. The minimum absolute atomic E-state index is 0.0466.